The van der Waals surface area contributed by atoms with E-state index in [2.05, 4.69) is 0 Å². The van der Waals surface area contributed by atoms with Crippen molar-refractivity contribution in [1.82, 2.24) is 4.90 Å². The lowest BCUT2D eigenvalue weighted by Crippen LogP contribution is -2.42. The van der Waals surface area contributed by atoms with Gasteiger partial charge in [0.25, 0.3) is 5.91 Å². The molecule has 162 valence electrons. The number of fused-ring (bicyclic) bond motifs is 1. The van der Waals surface area contributed by atoms with E-state index in [1.165, 1.54) is 4.90 Å². The quantitative estimate of drug-likeness (QED) is 0.692. The normalized spacial score (nSPS) is 17.2. The van der Waals surface area contributed by atoms with Gasteiger partial charge < -0.3 is 14.4 Å². The van der Waals surface area contributed by atoms with E-state index in [1.54, 1.807) is 35.2 Å². The second kappa shape index (κ2) is 9.64. The standard InChI is InChI=1S/C24H26N2O5/c27-21-13-16-30-20-12-6-5-11-19(20)26(21)17-22(28)31-23(18-9-3-1-4-10-18)24(29)25-14-7-2-8-15-25/h1,3-6,9-12,23H,2,7-8,13-17H2/t23-/m1/s1. The van der Waals surface area contributed by atoms with Crippen LogP contribution in [0.15, 0.2) is 54.6 Å². The lowest BCUT2D eigenvalue weighted by atomic mass is 10.1. The van der Waals surface area contributed by atoms with E-state index in [-0.39, 0.29) is 31.4 Å². The van der Waals surface area contributed by atoms with Gasteiger partial charge in [-0.2, -0.15) is 0 Å². The van der Waals surface area contributed by atoms with Crippen molar-refractivity contribution in [3.05, 3.63) is 60.2 Å². The number of rotatable bonds is 5. The first-order valence-corrected chi connectivity index (χ1v) is 10.7. The molecule has 2 heterocycles. The number of para-hydroxylation sites is 2. The Kier molecular flexibility index (Phi) is 6.50. The third kappa shape index (κ3) is 4.87. The summed E-state index contributed by atoms with van der Waals surface area (Å²) in [5.74, 6) is -0.528. The van der Waals surface area contributed by atoms with Crippen molar-refractivity contribution in [3.63, 3.8) is 0 Å². The van der Waals surface area contributed by atoms with Crippen molar-refractivity contribution in [1.29, 1.82) is 0 Å². The maximum absolute atomic E-state index is 13.2. The van der Waals surface area contributed by atoms with Crippen molar-refractivity contribution >= 4 is 23.5 Å². The van der Waals surface area contributed by atoms with Crippen LogP contribution in [0.4, 0.5) is 5.69 Å². The first kappa shape index (κ1) is 20.9. The smallest absolute Gasteiger partial charge is 0.327 e. The number of carbonyl (C=O) groups is 3. The zero-order chi connectivity index (χ0) is 21.6. The van der Waals surface area contributed by atoms with Crippen molar-refractivity contribution in [2.24, 2.45) is 0 Å². The van der Waals surface area contributed by atoms with Gasteiger partial charge in [0.15, 0.2) is 0 Å². The van der Waals surface area contributed by atoms with E-state index in [4.69, 9.17) is 9.47 Å². The highest BCUT2D eigenvalue weighted by molar-refractivity contribution is 6.00. The maximum atomic E-state index is 13.2. The van der Waals surface area contributed by atoms with Crippen LogP contribution in [0.25, 0.3) is 0 Å². The molecule has 0 bridgehead atoms. The minimum absolute atomic E-state index is 0.163. The number of carbonyl (C=O) groups excluding carboxylic acids is 3. The van der Waals surface area contributed by atoms with Crippen LogP contribution in [-0.4, -0.2) is 48.9 Å². The second-order valence-corrected chi connectivity index (χ2v) is 7.71. The third-order valence-corrected chi connectivity index (χ3v) is 5.56. The van der Waals surface area contributed by atoms with Gasteiger partial charge in [-0.05, 0) is 31.4 Å². The first-order chi connectivity index (χ1) is 15.1. The number of amides is 2. The number of ether oxygens (including phenoxy) is 2. The molecule has 0 aromatic heterocycles. The molecule has 1 fully saturated rings. The van der Waals surface area contributed by atoms with Gasteiger partial charge in [0.2, 0.25) is 12.0 Å². The van der Waals surface area contributed by atoms with E-state index in [9.17, 15) is 14.4 Å². The van der Waals surface area contributed by atoms with Crippen LogP contribution in [0.1, 0.15) is 37.4 Å². The topological polar surface area (TPSA) is 76.1 Å². The van der Waals surface area contributed by atoms with Crippen LogP contribution < -0.4 is 9.64 Å². The fourth-order valence-electron chi connectivity index (χ4n) is 3.96. The third-order valence-electron chi connectivity index (χ3n) is 5.56. The van der Waals surface area contributed by atoms with E-state index in [0.717, 1.165) is 19.3 Å². The number of piperidine rings is 1. The van der Waals surface area contributed by atoms with Crippen molar-refractivity contribution in [2.45, 2.75) is 31.8 Å². The second-order valence-electron chi connectivity index (χ2n) is 7.71. The molecule has 2 aromatic rings. The first-order valence-electron chi connectivity index (χ1n) is 10.7. The highest BCUT2D eigenvalue weighted by Crippen LogP contribution is 2.31. The monoisotopic (exact) mass is 422 g/mol. The minimum atomic E-state index is -1.03. The van der Waals surface area contributed by atoms with Gasteiger partial charge in [-0.3, -0.25) is 19.3 Å². The molecular weight excluding hydrogens is 396 g/mol. The Labute approximate surface area is 181 Å². The average molecular weight is 422 g/mol. The Bertz CT molecular complexity index is 940. The lowest BCUT2D eigenvalue weighted by Gasteiger charge is -2.30. The van der Waals surface area contributed by atoms with Gasteiger partial charge in [0, 0.05) is 18.7 Å². The molecule has 2 aliphatic rings. The number of benzene rings is 2. The van der Waals surface area contributed by atoms with Gasteiger partial charge in [0.05, 0.1) is 18.7 Å². The molecule has 0 unspecified atom stereocenters. The number of hydrogen-bond acceptors (Lipinski definition) is 5. The highest BCUT2D eigenvalue weighted by atomic mass is 16.5. The Hall–Kier alpha value is -3.35. The van der Waals surface area contributed by atoms with Crippen LogP contribution in [-0.2, 0) is 19.1 Å². The summed E-state index contributed by atoms with van der Waals surface area (Å²) in [6, 6.07) is 16.1. The molecule has 0 saturated carbocycles. The SMILES string of the molecule is O=C(CN1C(=O)CCOc2ccccc21)O[C@@H](C(=O)N1CCCCC1)c1ccccc1. The molecule has 31 heavy (non-hydrogen) atoms. The summed E-state index contributed by atoms with van der Waals surface area (Å²) in [6.07, 6.45) is 2.12. The summed E-state index contributed by atoms with van der Waals surface area (Å²) in [5.41, 5.74) is 1.15. The fraction of sp³-hybridized carbons (Fsp3) is 0.375. The van der Waals surface area contributed by atoms with Gasteiger partial charge in [0.1, 0.15) is 12.3 Å². The summed E-state index contributed by atoms with van der Waals surface area (Å²) in [7, 11) is 0. The van der Waals surface area contributed by atoms with Crippen LogP contribution in [0.3, 0.4) is 0 Å². The van der Waals surface area contributed by atoms with Crippen molar-refractivity contribution in [3.8, 4) is 5.75 Å². The summed E-state index contributed by atoms with van der Waals surface area (Å²) in [4.78, 5) is 41.9. The minimum Gasteiger partial charge on any atom is -0.491 e. The Morgan fingerprint density at radius 2 is 1.68 bits per heavy atom. The van der Waals surface area contributed by atoms with E-state index in [1.807, 2.05) is 24.3 Å². The van der Waals surface area contributed by atoms with Gasteiger partial charge in [-0.25, -0.2) is 0 Å². The Balaban J connectivity index is 1.53. The summed E-state index contributed by atoms with van der Waals surface area (Å²) in [5, 5.41) is 0. The highest BCUT2D eigenvalue weighted by Gasteiger charge is 2.32. The molecule has 4 rings (SSSR count). The predicted molar refractivity (Wildman–Crippen MR) is 115 cm³/mol. The molecular formula is C24H26N2O5. The zero-order valence-electron chi connectivity index (χ0n) is 17.4. The molecule has 2 amide bonds. The van der Waals surface area contributed by atoms with Gasteiger partial charge in [-0.15, -0.1) is 0 Å². The van der Waals surface area contributed by atoms with E-state index in [0.29, 0.717) is 30.1 Å². The number of nitrogens with zero attached hydrogens (tertiary/aromatic N) is 2. The van der Waals surface area contributed by atoms with Crippen LogP contribution in [0.5, 0.6) is 5.75 Å². The number of likely N-dealkylation sites (tertiary alicyclic amines) is 1. The predicted octanol–water partition coefficient (Wildman–Crippen LogP) is 3.10. The zero-order valence-corrected chi connectivity index (χ0v) is 17.4. The number of anilines is 1. The van der Waals surface area contributed by atoms with E-state index < -0.39 is 12.1 Å². The van der Waals surface area contributed by atoms with Crippen molar-refractivity contribution < 1.29 is 23.9 Å². The van der Waals surface area contributed by atoms with E-state index >= 15 is 0 Å². The Morgan fingerprint density at radius 3 is 2.45 bits per heavy atom. The molecule has 0 aliphatic carbocycles. The molecule has 2 aromatic carbocycles. The molecule has 1 saturated heterocycles. The molecule has 7 nitrogen and oxygen atoms in total. The maximum Gasteiger partial charge on any atom is 0.327 e. The van der Waals surface area contributed by atoms with Crippen LogP contribution >= 0.6 is 0 Å². The molecule has 2 aliphatic heterocycles. The van der Waals surface area contributed by atoms with Crippen molar-refractivity contribution in [2.75, 3.05) is 31.1 Å². The molecule has 7 heteroatoms. The fourth-order valence-corrected chi connectivity index (χ4v) is 3.96. The Morgan fingerprint density at radius 1 is 0.968 bits per heavy atom. The average Bonchev–Trinajstić information content (AvgIpc) is 2.97. The lowest BCUT2D eigenvalue weighted by molar-refractivity contribution is -0.160. The number of esters is 1. The molecule has 0 radical (unpaired) electrons. The summed E-state index contributed by atoms with van der Waals surface area (Å²) >= 11 is 0. The molecule has 1 atom stereocenters. The van der Waals surface area contributed by atoms with Gasteiger partial charge >= 0.3 is 5.97 Å². The largest absolute Gasteiger partial charge is 0.491 e. The van der Waals surface area contributed by atoms with Gasteiger partial charge in [-0.1, -0.05) is 42.5 Å². The molecule has 0 spiro atoms. The van der Waals surface area contributed by atoms with Crippen LogP contribution in [0.2, 0.25) is 0 Å². The molecule has 0 N–H and O–H groups in total. The summed E-state index contributed by atoms with van der Waals surface area (Å²) < 4.78 is 11.3. The van der Waals surface area contributed by atoms with Crippen LogP contribution in [0, 0.1) is 0 Å². The number of hydrogen-bond donors (Lipinski definition) is 0. The summed E-state index contributed by atoms with van der Waals surface area (Å²) in [6.45, 7) is 1.29.